The van der Waals surface area contributed by atoms with Crippen molar-refractivity contribution in [2.24, 2.45) is 5.92 Å². The van der Waals surface area contributed by atoms with Gasteiger partial charge in [-0.25, -0.2) is 0 Å². The molecule has 2 aliphatic rings. The van der Waals surface area contributed by atoms with Crippen LogP contribution in [0.3, 0.4) is 0 Å². The molecular weight excluding hydrogens is 366 g/mol. The van der Waals surface area contributed by atoms with Crippen LogP contribution in [0.2, 0.25) is 0 Å². The smallest absolute Gasteiger partial charge is 0.292 e. The highest BCUT2D eigenvalue weighted by Gasteiger charge is 2.28. The van der Waals surface area contributed by atoms with Gasteiger partial charge in [-0.1, -0.05) is 24.2 Å². The van der Waals surface area contributed by atoms with Crippen molar-refractivity contribution < 1.29 is 14.1 Å². The SMILES string of the molecule is COc1ccc(CN2CCCC(c3cc(C(=O)N4CCC(C)CC4)on3)C2)cc1. The third kappa shape index (κ3) is 4.81. The number of rotatable bonds is 5. The number of nitrogens with zero attached hydrogens (tertiary/aromatic N) is 3. The maximum absolute atomic E-state index is 12.7. The first-order valence-corrected chi connectivity index (χ1v) is 10.7. The van der Waals surface area contributed by atoms with Crippen LogP contribution in [0, 0.1) is 5.92 Å². The molecule has 2 saturated heterocycles. The molecular formula is C23H31N3O3. The van der Waals surface area contributed by atoms with E-state index < -0.39 is 0 Å². The Balaban J connectivity index is 1.36. The van der Waals surface area contributed by atoms with E-state index in [1.165, 1.54) is 5.56 Å². The number of benzene rings is 1. The maximum atomic E-state index is 12.7. The zero-order valence-corrected chi connectivity index (χ0v) is 17.5. The molecule has 2 fully saturated rings. The Labute approximate surface area is 172 Å². The molecule has 1 aromatic carbocycles. The fourth-order valence-electron chi connectivity index (χ4n) is 4.38. The summed E-state index contributed by atoms with van der Waals surface area (Å²) in [5.41, 5.74) is 2.19. The van der Waals surface area contributed by atoms with E-state index in [-0.39, 0.29) is 5.91 Å². The molecule has 2 aliphatic heterocycles. The van der Waals surface area contributed by atoms with Crippen LogP contribution in [0.25, 0.3) is 0 Å². The van der Waals surface area contributed by atoms with Gasteiger partial charge in [0, 0.05) is 38.2 Å². The van der Waals surface area contributed by atoms with E-state index in [4.69, 9.17) is 9.26 Å². The predicted molar refractivity (Wildman–Crippen MR) is 111 cm³/mol. The minimum atomic E-state index is -0.0125. The third-order valence-electron chi connectivity index (χ3n) is 6.30. The molecule has 4 rings (SSSR count). The first-order chi connectivity index (χ1) is 14.1. The van der Waals surface area contributed by atoms with Gasteiger partial charge in [-0.15, -0.1) is 0 Å². The second-order valence-corrected chi connectivity index (χ2v) is 8.51. The molecule has 1 aromatic heterocycles. The Morgan fingerprint density at radius 1 is 1.17 bits per heavy atom. The van der Waals surface area contributed by atoms with Gasteiger partial charge in [0.25, 0.3) is 5.91 Å². The molecule has 3 heterocycles. The lowest BCUT2D eigenvalue weighted by Crippen LogP contribution is -2.37. The Bertz CT molecular complexity index is 809. The van der Waals surface area contributed by atoms with Gasteiger partial charge in [0.05, 0.1) is 12.8 Å². The Morgan fingerprint density at radius 2 is 1.93 bits per heavy atom. The fourth-order valence-corrected chi connectivity index (χ4v) is 4.38. The van der Waals surface area contributed by atoms with Crippen LogP contribution in [0.5, 0.6) is 5.75 Å². The van der Waals surface area contributed by atoms with Gasteiger partial charge in [-0.2, -0.15) is 0 Å². The number of aromatic nitrogens is 1. The summed E-state index contributed by atoms with van der Waals surface area (Å²) in [4.78, 5) is 17.1. The van der Waals surface area contributed by atoms with Crippen LogP contribution in [-0.4, -0.2) is 54.2 Å². The highest BCUT2D eigenvalue weighted by Crippen LogP contribution is 2.28. The van der Waals surface area contributed by atoms with Crippen molar-refractivity contribution in [3.05, 3.63) is 47.3 Å². The van der Waals surface area contributed by atoms with E-state index in [0.717, 1.165) is 69.9 Å². The van der Waals surface area contributed by atoms with Crippen molar-refractivity contribution in [2.45, 2.75) is 45.1 Å². The molecule has 29 heavy (non-hydrogen) atoms. The van der Waals surface area contributed by atoms with E-state index in [1.54, 1.807) is 7.11 Å². The predicted octanol–water partition coefficient (Wildman–Crippen LogP) is 3.93. The van der Waals surface area contributed by atoms with Crippen LogP contribution in [0.15, 0.2) is 34.9 Å². The van der Waals surface area contributed by atoms with Gasteiger partial charge in [0.1, 0.15) is 5.75 Å². The quantitative estimate of drug-likeness (QED) is 0.765. The first kappa shape index (κ1) is 20.0. The number of carbonyl (C=O) groups is 1. The average molecular weight is 398 g/mol. The molecule has 156 valence electrons. The lowest BCUT2D eigenvalue weighted by Gasteiger charge is -2.31. The summed E-state index contributed by atoms with van der Waals surface area (Å²) in [6.45, 7) is 6.81. The monoisotopic (exact) mass is 397 g/mol. The van der Waals surface area contributed by atoms with Crippen molar-refractivity contribution in [3.63, 3.8) is 0 Å². The van der Waals surface area contributed by atoms with Crippen molar-refractivity contribution in [1.82, 2.24) is 15.0 Å². The lowest BCUT2D eigenvalue weighted by molar-refractivity contribution is 0.0655. The molecule has 2 aromatic rings. The maximum Gasteiger partial charge on any atom is 0.292 e. The van der Waals surface area contributed by atoms with Crippen molar-refractivity contribution in [2.75, 3.05) is 33.3 Å². The van der Waals surface area contributed by atoms with Crippen LogP contribution in [0.4, 0.5) is 0 Å². The van der Waals surface area contributed by atoms with E-state index in [0.29, 0.717) is 17.6 Å². The number of hydrogen-bond acceptors (Lipinski definition) is 5. The highest BCUT2D eigenvalue weighted by molar-refractivity contribution is 5.91. The van der Waals surface area contributed by atoms with E-state index >= 15 is 0 Å². The van der Waals surface area contributed by atoms with Gasteiger partial charge in [0.15, 0.2) is 0 Å². The molecule has 1 unspecified atom stereocenters. The minimum Gasteiger partial charge on any atom is -0.497 e. The average Bonchev–Trinajstić information content (AvgIpc) is 3.25. The molecule has 0 aliphatic carbocycles. The van der Waals surface area contributed by atoms with E-state index in [1.807, 2.05) is 23.1 Å². The molecule has 0 spiro atoms. The number of methoxy groups -OCH3 is 1. The summed E-state index contributed by atoms with van der Waals surface area (Å²) >= 11 is 0. The highest BCUT2D eigenvalue weighted by atomic mass is 16.5. The number of likely N-dealkylation sites (tertiary alicyclic amines) is 2. The molecule has 0 radical (unpaired) electrons. The second-order valence-electron chi connectivity index (χ2n) is 8.51. The second kappa shape index (κ2) is 8.99. The van der Waals surface area contributed by atoms with Gasteiger partial charge < -0.3 is 14.2 Å². The Morgan fingerprint density at radius 3 is 2.66 bits per heavy atom. The van der Waals surface area contributed by atoms with Crippen LogP contribution >= 0.6 is 0 Å². The van der Waals surface area contributed by atoms with Crippen LogP contribution in [-0.2, 0) is 6.54 Å². The summed E-state index contributed by atoms with van der Waals surface area (Å²) < 4.78 is 10.7. The van der Waals surface area contributed by atoms with Crippen molar-refractivity contribution in [3.8, 4) is 5.75 Å². The van der Waals surface area contributed by atoms with Crippen molar-refractivity contribution in [1.29, 1.82) is 0 Å². The van der Waals surface area contributed by atoms with Gasteiger partial charge in [-0.05, 0) is 55.8 Å². The van der Waals surface area contributed by atoms with Gasteiger partial charge in [-0.3, -0.25) is 9.69 Å². The zero-order chi connectivity index (χ0) is 20.2. The molecule has 1 amide bonds. The summed E-state index contributed by atoms with van der Waals surface area (Å²) in [5, 5.41) is 4.27. The van der Waals surface area contributed by atoms with Crippen LogP contribution < -0.4 is 4.74 Å². The van der Waals surface area contributed by atoms with Gasteiger partial charge >= 0.3 is 0 Å². The first-order valence-electron chi connectivity index (χ1n) is 10.7. The number of piperidine rings is 2. The normalized spacial score (nSPS) is 21.3. The summed E-state index contributed by atoms with van der Waals surface area (Å²) in [5.74, 6) is 2.27. The molecule has 1 atom stereocenters. The molecule has 0 saturated carbocycles. The van der Waals surface area contributed by atoms with Crippen molar-refractivity contribution >= 4 is 5.91 Å². The molecule has 0 bridgehead atoms. The summed E-state index contributed by atoms with van der Waals surface area (Å²) in [6.07, 6.45) is 4.34. The largest absolute Gasteiger partial charge is 0.497 e. The number of hydrogen-bond donors (Lipinski definition) is 0. The minimum absolute atomic E-state index is 0.0125. The summed E-state index contributed by atoms with van der Waals surface area (Å²) in [6, 6.07) is 10.1. The zero-order valence-electron chi connectivity index (χ0n) is 17.5. The number of ether oxygens (including phenoxy) is 1. The Kier molecular flexibility index (Phi) is 6.19. The fraction of sp³-hybridized carbons (Fsp3) is 0.565. The number of amides is 1. The molecule has 6 heteroatoms. The topological polar surface area (TPSA) is 58.8 Å². The standard InChI is InChI=1S/C23H31N3O3/c1-17-9-12-26(13-10-17)23(27)22-14-21(24-29-22)19-4-3-11-25(16-19)15-18-5-7-20(28-2)8-6-18/h5-8,14,17,19H,3-4,9-13,15-16H2,1-2H3. The summed E-state index contributed by atoms with van der Waals surface area (Å²) in [7, 11) is 1.69. The lowest BCUT2D eigenvalue weighted by atomic mass is 9.94. The van der Waals surface area contributed by atoms with E-state index in [9.17, 15) is 4.79 Å². The molecule has 6 nitrogen and oxygen atoms in total. The van der Waals surface area contributed by atoms with E-state index in [2.05, 4.69) is 29.1 Å². The molecule has 0 N–H and O–H groups in total. The van der Waals surface area contributed by atoms with Crippen LogP contribution in [0.1, 0.15) is 60.3 Å². The number of carbonyl (C=O) groups excluding carboxylic acids is 1. The van der Waals surface area contributed by atoms with Gasteiger partial charge in [0.2, 0.25) is 5.76 Å². The third-order valence-corrected chi connectivity index (χ3v) is 6.30. The Hall–Kier alpha value is -2.34.